The van der Waals surface area contributed by atoms with Crippen LogP contribution in [0.3, 0.4) is 0 Å². The molecule has 0 aliphatic carbocycles. The Hall–Kier alpha value is -1.88. The summed E-state index contributed by atoms with van der Waals surface area (Å²) in [7, 11) is 1.74. The van der Waals surface area contributed by atoms with Gasteiger partial charge in [0.2, 0.25) is 0 Å². The summed E-state index contributed by atoms with van der Waals surface area (Å²) in [6.45, 7) is 1.80. The number of hydrogen-bond acceptors (Lipinski definition) is 3. The minimum Gasteiger partial charge on any atom is -0.320 e. The number of carbonyl (C=O) groups is 1. The van der Waals surface area contributed by atoms with E-state index in [1.54, 1.807) is 43.2 Å². The number of aromatic nitrogens is 3. The molecular weight excluding hydrogens is 240 g/mol. The number of pyridine rings is 1. The van der Waals surface area contributed by atoms with Crippen molar-refractivity contribution in [3.8, 4) is 0 Å². The molecule has 0 aliphatic heterocycles. The Balaban J connectivity index is 2.24. The van der Waals surface area contributed by atoms with Gasteiger partial charge in [0.1, 0.15) is 0 Å². The van der Waals surface area contributed by atoms with Gasteiger partial charge < -0.3 is 5.32 Å². The van der Waals surface area contributed by atoms with E-state index in [1.807, 2.05) is 0 Å². The number of rotatable bonds is 2. The molecule has 0 aromatic carbocycles. The lowest BCUT2D eigenvalue weighted by atomic mass is 10.3. The van der Waals surface area contributed by atoms with Crippen LogP contribution in [0, 0.1) is 6.92 Å². The fraction of sp³-hybridized carbons (Fsp3) is 0.182. The first-order valence-corrected chi connectivity index (χ1v) is 5.38. The predicted molar refractivity (Wildman–Crippen MR) is 65.1 cm³/mol. The van der Waals surface area contributed by atoms with E-state index in [4.69, 9.17) is 11.6 Å². The van der Waals surface area contributed by atoms with E-state index >= 15 is 0 Å². The molecule has 0 unspecified atom stereocenters. The molecule has 2 heterocycles. The van der Waals surface area contributed by atoms with E-state index in [1.165, 1.54) is 0 Å². The quantitative estimate of drug-likeness (QED) is 0.887. The van der Waals surface area contributed by atoms with Gasteiger partial charge in [-0.2, -0.15) is 5.10 Å². The van der Waals surface area contributed by atoms with E-state index in [0.717, 1.165) is 5.69 Å². The highest BCUT2D eigenvalue weighted by atomic mass is 35.5. The zero-order valence-electron chi connectivity index (χ0n) is 9.44. The molecule has 1 amide bonds. The van der Waals surface area contributed by atoms with Crippen molar-refractivity contribution in [1.29, 1.82) is 0 Å². The van der Waals surface area contributed by atoms with Crippen molar-refractivity contribution in [3.63, 3.8) is 0 Å². The van der Waals surface area contributed by atoms with Crippen LogP contribution >= 0.6 is 11.6 Å². The first kappa shape index (κ1) is 11.6. The van der Waals surface area contributed by atoms with Crippen molar-refractivity contribution in [1.82, 2.24) is 14.8 Å². The predicted octanol–water partition coefficient (Wildman–Crippen LogP) is 2.03. The second-order valence-electron chi connectivity index (χ2n) is 3.56. The largest absolute Gasteiger partial charge is 0.320 e. The third-order valence-electron chi connectivity index (χ3n) is 2.41. The molecule has 2 aromatic heterocycles. The van der Waals surface area contributed by atoms with Gasteiger partial charge in [-0.05, 0) is 19.1 Å². The molecule has 17 heavy (non-hydrogen) atoms. The molecule has 88 valence electrons. The number of hydrogen-bond donors (Lipinski definition) is 1. The molecule has 0 spiro atoms. The topological polar surface area (TPSA) is 59.8 Å². The van der Waals surface area contributed by atoms with Crippen LogP contribution in [0.4, 0.5) is 5.69 Å². The molecule has 0 aliphatic rings. The number of halogens is 1. The minimum atomic E-state index is -0.329. The summed E-state index contributed by atoms with van der Waals surface area (Å²) in [6, 6.07) is 3.39. The number of nitrogens with one attached hydrogen (secondary N) is 1. The van der Waals surface area contributed by atoms with Gasteiger partial charge in [-0.25, -0.2) is 0 Å². The minimum absolute atomic E-state index is 0.225. The van der Waals surface area contributed by atoms with Crippen molar-refractivity contribution in [3.05, 3.63) is 40.9 Å². The third kappa shape index (κ3) is 2.29. The molecule has 0 saturated carbocycles. The van der Waals surface area contributed by atoms with Gasteiger partial charge in [0.15, 0.2) is 5.69 Å². The average molecular weight is 251 g/mol. The first-order valence-electron chi connectivity index (χ1n) is 5.00. The van der Waals surface area contributed by atoms with Gasteiger partial charge in [0, 0.05) is 25.1 Å². The maximum absolute atomic E-state index is 11.9. The molecule has 0 fully saturated rings. The van der Waals surface area contributed by atoms with Gasteiger partial charge in [-0.3, -0.25) is 14.5 Å². The molecule has 6 heteroatoms. The van der Waals surface area contributed by atoms with Crippen LogP contribution in [0.1, 0.15) is 16.2 Å². The van der Waals surface area contributed by atoms with E-state index in [-0.39, 0.29) is 11.6 Å². The second-order valence-corrected chi connectivity index (χ2v) is 3.94. The molecule has 0 bridgehead atoms. The van der Waals surface area contributed by atoms with Crippen molar-refractivity contribution >= 4 is 23.2 Å². The summed E-state index contributed by atoms with van der Waals surface area (Å²) in [5.41, 5.74) is 1.64. The van der Waals surface area contributed by atoms with Crippen LogP contribution in [0.25, 0.3) is 0 Å². The van der Waals surface area contributed by atoms with E-state index in [0.29, 0.717) is 10.7 Å². The van der Waals surface area contributed by atoms with Crippen molar-refractivity contribution in [2.75, 3.05) is 5.32 Å². The summed E-state index contributed by atoms with van der Waals surface area (Å²) in [4.78, 5) is 15.8. The van der Waals surface area contributed by atoms with Crippen LogP contribution in [0.5, 0.6) is 0 Å². The molecule has 0 saturated heterocycles. The SMILES string of the molecule is Cc1c(Cl)c(C(=O)Nc2ccncc2)nn1C. The van der Waals surface area contributed by atoms with E-state index < -0.39 is 0 Å². The number of nitrogens with zero attached hydrogens (tertiary/aromatic N) is 3. The smallest absolute Gasteiger partial charge is 0.277 e. The van der Waals surface area contributed by atoms with Crippen LogP contribution < -0.4 is 5.32 Å². The fourth-order valence-corrected chi connectivity index (χ4v) is 1.60. The van der Waals surface area contributed by atoms with Gasteiger partial charge in [0.25, 0.3) is 5.91 Å². The summed E-state index contributed by atoms with van der Waals surface area (Å²) in [6.07, 6.45) is 3.20. The monoisotopic (exact) mass is 250 g/mol. The summed E-state index contributed by atoms with van der Waals surface area (Å²) in [5.74, 6) is -0.329. The Bertz CT molecular complexity index is 550. The molecule has 0 atom stereocenters. The standard InChI is InChI=1S/C11H11ClN4O/c1-7-9(12)10(15-16(7)2)11(17)14-8-3-5-13-6-4-8/h3-6H,1-2H3,(H,13,14,17). The van der Waals surface area contributed by atoms with Crippen LogP contribution in [-0.2, 0) is 7.05 Å². The molecule has 0 radical (unpaired) electrons. The van der Waals surface area contributed by atoms with Gasteiger partial charge in [-0.1, -0.05) is 11.6 Å². The Morgan fingerprint density at radius 1 is 1.41 bits per heavy atom. The lowest BCUT2D eigenvalue weighted by Crippen LogP contribution is -2.13. The number of carbonyl (C=O) groups excluding carboxylic acids is 1. The highest BCUT2D eigenvalue weighted by Gasteiger charge is 2.17. The zero-order valence-corrected chi connectivity index (χ0v) is 10.2. The average Bonchev–Trinajstić information content (AvgIpc) is 2.58. The van der Waals surface area contributed by atoms with Crippen molar-refractivity contribution in [2.24, 2.45) is 7.05 Å². The lowest BCUT2D eigenvalue weighted by molar-refractivity contribution is 0.102. The van der Waals surface area contributed by atoms with E-state index in [2.05, 4.69) is 15.4 Å². The maximum atomic E-state index is 11.9. The Morgan fingerprint density at radius 2 is 2.06 bits per heavy atom. The number of amides is 1. The Morgan fingerprint density at radius 3 is 2.59 bits per heavy atom. The molecule has 2 rings (SSSR count). The molecular formula is C11H11ClN4O. The highest BCUT2D eigenvalue weighted by Crippen LogP contribution is 2.20. The van der Waals surface area contributed by atoms with Crippen LogP contribution in [0.2, 0.25) is 5.02 Å². The number of aryl methyl sites for hydroxylation is 1. The lowest BCUT2D eigenvalue weighted by Gasteiger charge is -2.01. The Labute approximate surface area is 103 Å². The van der Waals surface area contributed by atoms with Gasteiger partial charge >= 0.3 is 0 Å². The van der Waals surface area contributed by atoms with E-state index in [9.17, 15) is 4.79 Å². The maximum Gasteiger partial charge on any atom is 0.277 e. The Kier molecular flexibility index (Phi) is 3.10. The zero-order chi connectivity index (χ0) is 12.4. The van der Waals surface area contributed by atoms with Crippen molar-refractivity contribution in [2.45, 2.75) is 6.92 Å². The summed E-state index contributed by atoms with van der Waals surface area (Å²) in [5, 5.41) is 7.14. The molecule has 2 aromatic rings. The highest BCUT2D eigenvalue weighted by molar-refractivity contribution is 6.34. The molecule has 1 N–H and O–H groups in total. The van der Waals surface area contributed by atoms with Crippen molar-refractivity contribution < 1.29 is 4.79 Å². The van der Waals surface area contributed by atoms with Gasteiger partial charge in [-0.15, -0.1) is 0 Å². The summed E-state index contributed by atoms with van der Waals surface area (Å²) >= 11 is 6.02. The van der Waals surface area contributed by atoms with Crippen LogP contribution in [-0.4, -0.2) is 20.7 Å². The van der Waals surface area contributed by atoms with Gasteiger partial charge in [0.05, 0.1) is 10.7 Å². The molecule has 5 nitrogen and oxygen atoms in total. The fourth-order valence-electron chi connectivity index (χ4n) is 1.35. The number of anilines is 1. The normalized spacial score (nSPS) is 10.3. The second kappa shape index (κ2) is 4.55. The first-order chi connectivity index (χ1) is 8.09. The van der Waals surface area contributed by atoms with Crippen LogP contribution in [0.15, 0.2) is 24.5 Å². The summed E-state index contributed by atoms with van der Waals surface area (Å²) < 4.78 is 1.57. The third-order valence-corrected chi connectivity index (χ3v) is 2.87.